The topological polar surface area (TPSA) is 25.2 Å². The molecule has 0 radical (unpaired) electrons. The minimum Gasteiger partial charge on any atom is -0.310 e. The van der Waals surface area contributed by atoms with E-state index in [4.69, 9.17) is 0 Å². The highest BCUT2D eigenvalue weighted by molar-refractivity contribution is 5.98. The van der Waals surface area contributed by atoms with E-state index in [-0.39, 0.29) is 5.56 Å². The van der Waals surface area contributed by atoms with Gasteiger partial charge >= 0.3 is 0 Å². The van der Waals surface area contributed by atoms with Gasteiger partial charge in [0.2, 0.25) is 0 Å². The van der Waals surface area contributed by atoms with Gasteiger partial charge in [-0.3, -0.25) is 9.36 Å². The number of benzene rings is 6. The quantitative estimate of drug-likeness (QED) is 0.200. The minimum absolute atomic E-state index is 0.0194. The molecule has 0 unspecified atom stereocenters. The maximum Gasteiger partial charge on any atom is 0.263 e. The highest BCUT2D eigenvalue weighted by Crippen LogP contribution is 2.63. The Balaban J connectivity index is 1.37. The second-order valence-corrected chi connectivity index (χ2v) is 12.8. The molecule has 1 spiro atoms. The molecular weight excluding hydrogens is 560 g/mol. The standard InChI is InChI=1S/C43H32N2O/c1-27-17-21-40-38(23-27)43(36-15-9-7-13-33(36)34-14-8-10-16-37(34)43)39-24-28(2)18-22-41(39)45(40)31-19-20-32-29(3)26-44(42(46)35(32)25-31)30-11-5-4-6-12-30/h4-26H,1-3H3. The Hall–Kier alpha value is -5.67. The lowest BCUT2D eigenvalue weighted by Crippen LogP contribution is -2.36. The van der Waals surface area contributed by atoms with Crippen LogP contribution in [0.4, 0.5) is 17.1 Å². The Kier molecular flexibility index (Phi) is 5.61. The summed E-state index contributed by atoms with van der Waals surface area (Å²) >= 11 is 0. The van der Waals surface area contributed by atoms with E-state index in [1.165, 1.54) is 44.5 Å². The van der Waals surface area contributed by atoms with Crippen molar-refractivity contribution in [2.24, 2.45) is 0 Å². The van der Waals surface area contributed by atoms with Crippen molar-refractivity contribution in [1.29, 1.82) is 0 Å². The monoisotopic (exact) mass is 592 g/mol. The van der Waals surface area contributed by atoms with Gasteiger partial charge in [-0.2, -0.15) is 0 Å². The number of rotatable bonds is 2. The Morgan fingerprint density at radius 3 is 1.67 bits per heavy atom. The second-order valence-electron chi connectivity index (χ2n) is 12.8. The van der Waals surface area contributed by atoms with E-state index in [1.54, 1.807) is 4.57 Å². The summed E-state index contributed by atoms with van der Waals surface area (Å²) in [7, 11) is 0. The highest BCUT2D eigenvalue weighted by atomic mass is 16.1. The van der Waals surface area contributed by atoms with Crippen molar-refractivity contribution < 1.29 is 0 Å². The maximum atomic E-state index is 14.1. The molecule has 6 aromatic carbocycles. The van der Waals surface area contributed by atoms with E-state index in [2.05, 4.69) is 129 Å². The predicted molar refractivity (Wildman–Crippen MR) is 189 cm³/mol. The molecule has 1 aliphatic heterocycles. The van der Waals surface area contributed by atoms with Crippen molar-refractivity contribution in [2.45, 2.75) is 26.2 Å². The molecule has 1 aliphatic carbocycles. The van der Waals surface area contributed by atoms with Gasteiger partial charge in [0.15, 0.2) is 0 Å². The van der Waals surface area contributed by atoms with Crippen LogP contribution < -0.4 is 10.5 Å². The maximum absolute atomic E-state index is 14.1. The Bertz CT molecular complexity index is 2330. The van der Waals surface area contributed by atoms with Crippen molar-refractivity contribution >= 4 is 27.8 Å². The molecule has 220 valence electrons. The SMILES string of the molecule is Cc1ccc2c(c1)C1(c3ccccc3-c3ccccc31)c1cc(C)ccc1N2c1ccc2c(C)cn(-c3ccccc3)c(=O)c2c1. The number of pyridine rings is 1. The molecule has 3 heteroatoms. The van der Waals surface area contributed by atoms with Gasteiger partial charge in [0.05, 0.1) is 16.8 Å². The number of aryl methyl sites for hydroxylation is 3. The summed E-state index contributed by atoms with van der Waals surface area (Å²) < 4.78 is 1.77. The number of fused-ring (bicyclic) bond motifs is 10. The van der Waals surface area contributed by atoms with E-state index in [0.29, 0.717) is 5.39 Å². The van der Waals surface area contributed by atoms with Gasteiger partial charge < -0.3 is 4.90 Å². The van der Waals surface area contributed by atoms with Gasteiger partial charge in [-0.15, -0.1) is 0 Å². The average molecular weight is 593 g/mol. The average Bonchev–Trinajstić information content (AvgIpc) is 3.38. The normalized spacial score (nSPS) is 13.8. The molecule has 1 aromatic heterocycles. The largest absolute Gasteiger partial charge is 0.310 e. The molecule has 46 heavy (non-hydrogen) atoms. The highest BCUT2D eigenvalue weighted by Gasteiger charge is 2.51. The number of hydrogen-bond acceptors (Lipinski definition) is 2. The van der Waals surface area contributed by atoms with Crippen LogP contribution in [0, 0.1) is 20.8 Å². The fourth-order valence-electron chi connectivity index (χ4n) is 8.08. The smallest absolute Gasteiger partial charge is 0.263 e. The number of aromatic nitrogens is 1. The first kappa shape index (κ1) is 26.7. The molecule has 0 saturated carbocycles. The van der Waals surface area contributed by atoms with E-state index < -0.39 is 5.41 Å². The van der Waals surface area contributed by atoms with Crippen LogP contribution in [0.2, 0.25) is 0 Å². The van der Waals surface area contributed by atoms with Gasteiger partial charge in [0.25, 0.3) is 5.56 Å². The van der Waals surface area contributed by atoms with Crippen LogP contribution in [0.1, 0.15) is 38.9 Å². The molecule has 0 bridgehead atoms. The fourth-order valence-corrected chi connectivity index (χ4v) is 8.08. The third kappa shape index (κ3) is 3.51. The molecule has 0 N–H and O–H groups in total. The minimum atomic E-state index is -0.472. The van der Waals surface area contributed by atoms with E-state index >= 15 is 0 Å². The van der Waals surface area contributed by atoms with Gasteiger partial charge in [-0.1, -0.05) is 108 Å². The summed E-state index contributed by atoms with van der Waals surface area (Å²) in [6.07, 6.45) is 1.95. The fraction of sp³-hybridized carbons (Fsp3) is 0.0930. The van der Waals surface area contributed by atoms with Crippen LogP contribution in [0.5, 0.6) is 0 Å². The summed E-state index contributed by atoms with van der Waals surface area (Å²) in [5, 5.41) is 1.68. The number of anilines is 3. The van der Waals surface area contributed by atoms with Crippen molar-refractivity contribution in [3.63, 3.8) is 0 Å². The molecule has 3 nitrogen and oxygen atoms in total. The lowest BCUT2D eigenvalue weighted by Gasteiger charge is -2.45. The van der Waals surface area contributed by atoms with Crippen molar-refractivity contribution in [3.05, 3.63) is 189 Å². The number of hydrogen-bond donors (Lipinski definition) is 0. The molecule has 9 rings (SSSR count). The predicted octanol–water partition coefficient (Wildman–Crippen LogP) is 10.1. The molecule has 0 amide bonds. The molecule has 0 saturated heterocycles. The van der Waals surface area contributed by atoms with E-state index in [1.807, 2.05) is 36.5 Å². The van der Waals surface area contributed by atoms with Crippen LogP contribution in [-0.2, 0) is 5.41 Å². The van der Waals surface area contributed by atoms with E-state index in [0.717, 1.165) is 33.7 Å². The summed E-state index contributed by atoms with van der Waals surface area (Å²) in [5.74, 6) is 0. The zero-order valence-corrected chi connectivity index (χ0v) is 26.1. The number of nitrogens with zero attached hydrogens (tertiary/aromatic N) is 2. The van der Waals surface area contributed by atoms with Crippen molar-refractivity contribution in [2.75, 3.05) is 4.90 Å². The summed E-state index contributed by atoms with van der Waals surface area (Å²) in [6.45, 7) is 6.44. The first-order chi connectivity index (χ1) is 22.5. The molecule has 0 fully saturated rings. The van der Waals surface area contributed by atoms with Gasteiger partial charge in [0.1, 0.15) is 0 Å². The molecule has 2 aliphatic rings. The summed E-state index contributed by atoms with van der Waals surface area (Å²) in [4.78, 5) is 16.5. The van der Waals surface area contributed by atoms with Crippen molar-refractivity contribution in [1.82, 2.24) is 4.57 Å². The van der Waals surface area contributed by atoms with Gasteiger partial charge in [0, 0.05) is 23.0 Å². The zero-order valence-electron chi connectivity index (χ0n) is 26.1. The number of para-hydroxylation sites is 1. The zero-order chi connectivity index (χ0) is 31.2. The van der Waals surface area contributed by atoms with Crippen molar-refractivity contribution in [3.8, 4) is 16.8 Å². The first-order valence-electron chi connectivity index (χ1n) is 15.9. The lowest BCUT2D eigenvalue weighted by molar-refractivity contribution is 0.750. The summed E-state index contributed by atoms with van der Waals surface area (Å²) in [6, 6.07) is 47.8. The van der Waals surface area contributed by atoms with Crippen LogP contribution >= 0.6 is 0 Å². The third-order valence-electron chi connectivity index (χ3n) is 10.0. The van der Waals surface area contributed by atoms with Crippen LogP contribution in [0.25, 0.3) is 27.6 Å². The van der Waals surface area contributed by atoms with Gasteiger partial charge in [-0.25, -0.2) is 0 Å². The Morgan fingerprint density at radius 2 is 1.07 bits per heavy atom. The van der Waals surface area contributed by atoms with Gasteiger partial charge in [-0.05, 0) is 101 Å². The van der Waals surface area contributed by atoms with E-state index in [9.17, 15) is 4.79 Å². The molecule has 2 heterocycles. The first-order valence-corrected chi connectivity index (χ1v) is 15.9. The van der Waals surface area contributed by atoms with Crippen LogP contribution in [0.3, 0.4) is 0 Å². The second kappa shape index (κ2) is 9.66. The summed E-state index contributed by atoms with van der Waals surface area (Å²) in [5.41, 5.74) is 14.8. The molecular formula is C43H32N2O. The molecule has 0 atom stereocenters. The van der Waals surface area contributed by atoms with Crippen LogP contribution in [-0.4, -0.2) is 4.57 Å². The van der Waals surface area contributed by atoms with Crippen LogP contribution in [0.15, 0.2) is 144 Å². The Labute approximate surface area is 268 Å². The molecule has 7 aromatic rings. The lowest BCUT2D eigenvalue weighted by atomic mass is 9.64. The Morgan fingerprint density at radius 1 is 0.500 bits per heavy atom. The third-order valence-corrected chi connectivity index (χ3v) is 10.0.